The van der Waals surface area contributed by atoms with Gasteiger partial charge >= 0.3 is 0 Å². The molecule has 6 aromatic heterocycles. The van der Waals surface area contributed by atoms with Gasteiger partial charge in [-0.2, -0.15) is 0 Å². The van der Waals surface area contributed by atoms with Crippen molar-refractivity contribution in [3.05, 3.63) is 351 Å². The van der Waals surface area contributed by atoms with Crippen molar-refractivity contribution in [2.45, 2.75) is 125 Å². The third kappa shape index (κ3) is 14.2. The molecular weight excluding hydrogens is 1410 g/mol. The summed E-state index contributed by atoms with van der Waals surface area (Å²) in [7, 11) is 0. The highest BCUT2D eigenvalue weighted by Crippen LogP contribution is 2.41. The van der Waals surface area contributed by atoms with Crippen molar-refractivity contribution < 1.29 is 0 Å². The maximum atomic E-state index is 5.70. The second-order valence-electron chi connectivity index (χ2n) is 32.4. The van der Waals surface area contributed by atoms with E-state index in [2.05, 4.69) is 378 Å². The Morgan fingerprint density at radius 3 is 0.543 bits per heavy atom. The topological polar surface area (TPSA) is 77.3 Å². The van der Waals surface area contributed by atoms with Crippen LogP contribution in [-0.4, -0.2) is 29.9 Å². The molecule has 0 amide bonds. The summed E-state index contributed by atoms with van der Waals surface area (Å²) in [4.78, 5) is 33.3. The Hall–Kier alpha value is -13.9. The minimum atomic E-state index is 0.795. The predicted molar refractivity (Wildman–Crippen MR) is 486 cm³/mol. The number of benzene rings is 11. The molecule has 11 aromatic carbocycles. The molecule has 6 nitrogen and oxygen atoms in total. The van der Waals surface area contributed by atoms with Crippen molar-refractivity contribution in [2.24, 2.45) is 0 Å². The lowest BCUT2D eigenvalue weighted by Crippen LogP contribution is -2.00. The summed E-state index contributed by atoms with van der Waals surface area (Å²) in [6, 6.07) is 73.5. The highest BCUT2D eigenvalue weighted by atomic mass is 14.8. The number of hydrogen-bond acceptors (Lipinski definition) is 6. The first-order valence-corrected chi connectivity index (χ1v) is 39.9. The van der Waals surface area contributed by atoms with Gasteiger partial charge in [-0.15, -0.1) is 0 Å². The van der Waals surface area contributed by atoms with E-state index in [0.29, 0.717) is 0 Å². The predicted octanol–water partition coefficient (Wildman–Crippen LogP) is 26.1. The Morgan fingerprint density at radius 2 is 0.336 bits per heavy atom. The van der Waals surface area contributed by atoms with Crippen LogP contribution in [0.4, 0.5) is 0 Å². The summed E-state index contributed by atoms with van der Waals surface area (Å²) in [5.41, 5.74) is 44.9. The van der Waals surface area contributed by atoms with E-state index >= 15 is 0 Å². The van der Waals surface area contributed by atoms with Crippen LogP contribution in [0.2, 0.25) is 0 Å². The van der Waals surface area contributed by atoms with E-state index in [4.69, 9.17) is 29.9 Å². The molecule has 17 aromatic rings. The van der Waals surface area contributed by atoms with Gasteiger partial charge in [0.1, 0.15) is 0 Å². The van der Waals surface area contributed by atoms with E-state index in [1.165, 1.54) is 55.6 Å². The number of pyridine rings is 6. The van der Waals surface area contributed by atoms with Crippen molar-refractivity contribution >= 4 is 65.4 Å². The summed E-state index contributed by atoms with van der Waals surface area (Å²) < 4.78 is 0. The molecule has 0 aliphatic rings. The standard InChI is InChI=1S/C110H88N6/c1-61-45-67(7)95(68(8)46-61)93-43-41-83-35-37-89-57-85(101(113-107(89)105(83)111-93)97-71(11)49-63(3)50-72(97)12)31-27-79-19-23-81(24-20-79)29-33-87-59-91-39-40-92-60-88(104(100-77(17)55-66(6)56-78(100)18)116-110(92)109(91)115-103(87)99-75(15)53-65(5)54-76(99)16)34-30-82-25-21-80(22-26-82)28-32-86-58-90-38-36-84-42-44-94(96-69(9)47-62(2)48-70(96)10)112-106(84)108(90)114-102(86)98-73(13)51-64(4)52-74(98)14/h19-26,35-60H,1-18H3. The second kappa shape index (κ2) is 29.9. The summed E-state index contributed by atoms with van der Waals surface area (Å²) in [5.74, 6) is 28.7. The number of fused-ring (bicyclic) bond motifs is 9. The Labute approximate surface area is 681 Å². The average molecular weight is 1490 g/mol. The molecule has 0 saturated carbocycles. The average Bonchev–Trinajstić information content (AvgIpc) is 0.817. The van der Waals surface area contributed by atoms with Gasteiger partial charge in [0.2, 0.25) is 0 Å². The number of aryl methyl sites for hydroxylation is 18. The highest BCUT2D eigenvalue weighted by molar-refractivity contribution is 6.08. The van der Waals surface area contributed by atoms with Crippen LogP contribution >= 0.6 is 0 Å². The monoisotopic (exact) mass is 1490 g/mol. The molecule has 0 fully saturated rings. The van der Waals surface area contributed by atoms with E-state index in [1.54, 1.807) is 0 Å². The molecule has 0 bridgehead atoms. The van der Waals surface area contributed by atoms with Crippen LogP contribution in [0.1, 0.15) is 145 Å². The van der Waals surface area contributed by atoms with Crippen molar-refractivity contribution in [1.29, 1.82) is 0 Å². The van der Waals surface area contributed by atoms with Crippen molar-refractivity contribution in [3.8, 4) is 115 Å². The number of nitrogens with zero attached hydrogens (tertiary/aromatic N) is 6. The minimum absolute atomic E-state index is 0.795. The van der Waals surface area contributed by atoms with Gasteiger partial charge < -0.3 is 0 Å². The molecule has 0 N–H and O–H groups in total. The van der Waals surface area contributed by atoms with Crippen LogP contribution in [0, 0.1) is 172 Å². The van der Waals surface area contributed by atoms with Crippen LogP contribution in [-0.2, 0) is 0 Å². The van der Waals surface area contributed by atoms with Gasteiger partial charge in [0, 0.05) is 88.0 Å². The smallest absolute Gasteiger partial charge is 0.0973 e. The Bertz CT molecular complexity index is 6820. The molecule has 0 saturated heterocycles. The molecule has 0 spiro atoms. The Balaban J connectivity index is 0.714. The molecule has 17 rings (SSSR count). The first-order chi connectivity index (χ1) is 55.8. The number of rotatable bonds is 6. The fourth-order valence-corrected chi connectivity index (χ4v) is 18.1. The van der Waals surface area contributed by atoms with E-state index in [1.807, 2.05) is 0 Å². The zero-order valence-electron chi connectivity index (χ0n) is 69.3. The largest absolute Gasteiger partial charge is 0.245 e. The summed E-state index contributed by atoms with van der Waals surface area (Å²) in [6.07, 6.45) is 0. The second-order valence-corrected chi connectivity index (χ2v) is 32.4. The summed E-state index contributed by atoms with van der Waals surface area (Å²) in [5, 5.41) is 5.93. The molecule has 0 aliphatic carbocycles. The van der Waals surface area contributed by atoms with Crippen LogP contribution < -0.4 is 0 Å². The fraction of sp³-hybridized carbons (Fsp3) is 0.164. The maximum Gasteiger partial charge on any atom is 0.0973 e. The first-order valence-electron chi connectivity index (χ1n) is 39.9. The fourth-order valence-electron chi connectivity index (χ4n) is 18.1. The lowest BCUT2D eigenvalue weighted by Gasteiger charge is -2.16. The quantitative estimate of drug-likeness (QED) is 0.122. The maximum absolute atomic E-state index is 5.70. The van der Waals surface area contributed by atoms with E-state index in [9.17, 15) is 0 Å². The molecule has 0 aliphatic heterocycles. The van der Waals surface area contributed by atoms with Gasteiger partial charge in [0.05, 0.1) is 89.5 Å². The normalized spacial score (nSPS) is 11.3. The van der Waals surface area contributed by atoms with Crippen molar-refractivity contribution in [3.63, 3.8) is 0 Å². The van der Waals surface area contributed by atoms with Crippen LogP contribution in [0.25, 0.3) is 133 Å². The highest BCUT2D eigenvalue weighted by Gasteiger charge is 2.23. The number of aromatic nitrogens is 6. The molecule has 0 radical (unpaired) electrons. The lowest BCUT2D eigenvalue weighted by molar-refractivity contribution is 1.27. The Kier molecular flexibility index (Phi) is 19.3. The molecule has 0 unspecified atom stereocenters. The summed E-state index contributed by atoms with van der Waals surface area (Å²) in [6.45, 7) is 38.9. The molecular formula is C110H88N6. The lowest BCUT2D eigenvalue weighted by atomic mass is 9.92. The summed E-state index contributed by atoms with van der Waals surface area (Å²) >= 11 is 0. The van der Waals surface area contributed by atoms with Crippen molar-refractivity contribution in [2.75, 3.05) is 0 Å². The van der Waals surface area contributed by atoms with Gasteiger partial charge in [-0.05, 0) is 276 Å². The zero-order chi connectivity index (χ0) is 80.8. The van der Waals surface area contributed by atoms with Gasteiger partial charge in [-0.3, -0.25) is 0 Å². The number of hydrogen-bond donors (Lipinski definition) is 0. The Morgan fingerprint density at radius 1 is 0.164 bits per heavy atom. The zero-order valence-corrected chi connectivity index (χ0v) is 69.3. The van der Waals surface area contributed by atoms with E-state index in [0.717, 1.165) is 222 Å². The van der Waals surface area contributed by atoms with Crippen molar-refractivity contribution in [1.82, 2.24) is 29.9 Å². The SMILES string of the molecule is Cc1cc(C)c(-c2ccc3ccc4cc(C#Cc5ccc(C#Cc6cc7ccc8cc(C#Cc9ccc(C#Cc%10cc%11ccc%12ccc(-c%13c(C)cc(C)cc%13C)nc%12c%11nc%10-c%10c(C)cc(C)cc%10C)cc9)c(-c9c(C)cc(C)cc9C)nc8c7nc6-c6c(C)cc(C)cc6C)cc5)c(-c5c(C)cc(C)cc5C)nc4c3n2)c(C)c1. The van der Waals surface area contributed by atoms with Crippen LogP contribution in [0.3, 0.4) is 0 Å². The van der Waals surface area contributed by atoms with E-state index < -0.39 is 0 Å². The van der Waals surface area contributed by atoms with Crippen LogP contribution in [0.15, 0.2) is 206 Å². The van der Waals surface area contributed by atoms with Gasteiger partial charge in [-0.1, -0.05) is 202 Å². The molecule has 116 heavy (non-hydrogen) atoms. The molecule has 558 valence electrons. The third-order valence-electron chi connectivity index (χ3n) is 22.7. The van der Waals surface area contributed by atoms with Gasteiger partial charge in [-0.25, -0.2) is 29.9 Å². The van der Waals surface area contributed by atoms with Gasteiger partial charge in [0.15, 0.2) is 0 Å². The molecule has 6 heterocycles. The molecule has 6 heteroatoms. The minimum Gasteiger partial charge on any atom is -0.245 e. The third-order valence-corrected chi connectivity index (χ3v) is 22.7. The first kappa shape index (κ1) is 74.8. The van der Waals surface area contributed by atoms with Gasteiger partial charge in [0.25, 0.3) is 0 Å². The molecule has 0 atom stereocenters. The van der Waals surface area contributed by atoms with E-state index in [-0.39, 0.29) is 0 Å². The van der Waals surface area contributed by atoms with Crippen LogP contribution in [0.5, 0.6) is 0 Å².